The second-order valence-corrected chi connectivity index (χ2v) is 8.64. The van der Waals surface area contributed by atoms with Crippen molar-refractivity contribution in [1.82, 2.24) is 15.5 Å². The van der Waals surface area contributed by atoms with Crippen LogP contribution in [0.2, 0.25) is 0 Å². The lowest BCUT2D eigenvalue weighted by Crippen LogP contribution is -2.49. The Kier molecular flexibility index (Phi) is 5.58. The number of guanidine groups is 1. The number of hydrogen-bond donors (Lipinski definition) is 2. The highest BCUT2D eigenvalue weighted by Gasteiger charge is 2.41. The van der Waals surface area contributed by atoms with Gasteiger partial charge in [-0.05, 0) is 62.6 Å². The summed E-state index contributed by atoms with van der Waals surface area (Å²) in [5.74, 6) is 1.69. The second kappa shape index (κ2) is 8.06. The summed E-state index contributed by atoms with van der Waals surface area (Å²) in [6.07, 6.45) is 6.98. The number of nitrogens with zero attached hydrogens (tertiary/aromatic N) is 2. The number of hydrogen-bond acceptors (Lipinski definition) is 4. The van der Waals surface area contributed by atoms with Gasteiger partial charge in [0.05, 0.1) is 18.2 Å². The average molecular weight is 363 g/mol. The molecule has 138 valence electrons. The molecule has 25 heavy (non-hydrogen) atoms. The SMILES string of the molecule is CN=C(NCC1CCN(Cc2cccs2)CC1)NC1CC2CCC1O2. The number of aliphatic imine (C=N–C) groups is 1. The first-order valence-electron chi connectivity index (χ1n) is 9.67. The predicted octanol–water partition coefficient (Wildman–Crippen LogP) is 2.44. The fraction of sp³-hybridized carbons (Fsp3) is 0.737. The van der Waals surface area contributed by atoms with E-state index < -0.39 is 0 Å². The molecule has 3 aliphatic rings. The molecule has 1 aromatic heterocycles. The van der Waals surface area contributed by atoms with E-state index in [9.17, 15) is 0 Å². The molecule has 3 unspecified atom stereocenters. The van der Waals surface area contributed by atoms with Crippen LogP contribution in [0.5, 0.6) is 0 Å². The molecule has 4 rings (SSSR count). The molecule has 6 heteroatoms. The number of thiophene rings is 1. The van der Waals surface area contributed by atoms with Gasteiger partial charge in [-0.25, -0.2) is 0 Å². The highest BCUT2D eigenvalue weighted by Crippen LogP contribution is 2.34. The molecular weight excluding hydrogens is 332 g/mol. The summed E-state index contributed by atoms with van der Waals surface area (Å²) in [5, 5.41) is 9.31. The van der Waals surface area contributed by atoms with Gasteiger partial charge in [0.2, 0.25) is 0 Å². The van der Waals surface area contributed by atoms with Crippen LogP contribution in [0.15, 0.2) is 22.5 Å². The van der Waals surface area contributed by atoms with E-state index in [2.05, 4.69) is 38.0 Å². The van der Waals surface area contributed by atoms with Crippen molar-refractivity contribution >= 4 is 17.3 Å². The Morgan fingerprint density at radius 3 is 2.84 bits per heavy atom. The quantitative estimate of drug-likeness (QED) is 0.624. The van der Waals surface area contributed by atoms with Crippen LogP contribution in [0.1, 0.15) is 37.0 Å². The minimum Gasteiger partial charge on any atom is -0.373 e. The van der Waals surface area contributed by atoms with Crippen LogP contribution in [0.4, 0.5) is 0 Å². The predicted molar refractivity (Wildman–Crippen MR) is 103 cm³/mol. The Balaban J connectivity index is 1.17. The molecule has 2 N–H and O–H groups in total. The van der Waals surface area contributed by atoms with Crippen LogP contribution in [0.3, 0.4) is 0 Å². The Morgan fingerprint density at radius 2 is 2.20 bits per heavy atom. The van der Waals surface area contributed by atoms with Crippen molar-refractivity contribution < 1.29 is 4.74 Å². The van der Waals surface area contributed by atoms with Crippen LogP contribution in [0.25, 0.3) is 0 Å². The minimum absolute atomic E-state index is 0.393. The lowest BCUT2D eigenvalue weighted by Gasteiger charge is -2.32. The topological polar surface area (TPSA) is 48.9 Å². The molecule has 0 aromatic carbocycles. The maximum atomic E-state index is 5.93. The highest BCUT2D eigenvalue weighted by atomic mass is 32.1. The molecule has 1 aromatic rings. The number of ether oxygens (including phenoxy) is 1. The Bertz CT molecular complexity index is 568. The number of piperidine rings is 1. The number of likely N-dealkylation sites (tertiary alicyclic amines) is 1. The first kappa shape index (κ1) is 17.3. The van der Waals surface area contributed by atoms with Crippen LogP contribution in [-0.4, -0.2) is 55.8 Å². The van der Waals surface area contributed by atoms with Crippen LogP contribution >= 0.6 is 11.3 Å². The molecule has 3 aliphatic heterocycles. The zero-order valence-corrected chi connectivity index (χ0v) is 15.9. The molecule has 0 amide bonds. The van der Waals surface area contributed by atoms with Gasteiger partial charge < -0.3 is 15.4 Å². The number of fused-ring (bicyclic) bond motifs is 2. The van der Waals surface area contributed by atoms with Gasteiger partial charge in [0.25, 0.3) is 0 Å². The third-order valence-corrected chi connectivity index (χ3v) is 6.74. The van der Waals surface area contributed by atoms with E-state index in [4.69, 9.17) is 4.74 Å². The summed E-state index contributed by atoms with van der Waals surface area (Å²) in [6, 6.07) is 4.83. The van der Waals surface area contributed by atoms with Crippen LogP contribution in [0, 0.1) is 5.92 Å². The first-order chi connectivity index (χ1) is 12.3. The van der Waals surface area contributed by atoms with Crippen molar-refractivity contribution in [3.8, 4) is 0 Å². The monoisotopic (exact) mass is 362 g/mol. The Hall–Kier alpha value is -1.11. The maximum absolute atomic E-state index is 5.93. The zero-order chi connectivity index (χ0) is 17.1. The minimum atomic E-state index is 0.393. The van der Waals surface area contributed by atoms with E-state index in [1.54, 1.807) is 0 Å². The Morgan fingerprint density at radius 1 is 1.32 bits per heavy atom. The number of rotatable bonds is 5. The summed E-state index contributed by atoms with van der Waals surface area (Å²) in [7, 11) is 1.87. The van der Waals surface area contributed by atoms with Gasteiger partial charge in [0.1, 0.15) is 0 Å². The molecule has 3 atom stereocenters. The highest BCUT2D eigenvalue weighted by molar-refractivity contribution is 7.09. The lowest BCUT2D eigenvalue weighted by molar-refractivity contribution is 0.0992. The van der Waals surface area contributed by atoms with Gasteiger partial charge in [-0.1, -0.05) is 6.07 Å². The van der Waals surface area contributed by atoms with Crippen molar-refractivity contribution in [2.24, 2.45) is 10.9 Å². The molecule has 5 nitrogen and oxygen atoms in total. The normalized spacial score (nSPS) is 30.8. The van der Waals surface area contributed by atoms with Gasteiger partial charge in [0, 0.05) is 25.0 Å². The van der Waals surface area contributed by atoms with Crippen molar-refractivity contribution in [3.63, 3.8) is 0 Å². The zero-order valence-electron chi connectivity index (χ0n) is 15.1. The third-order valence-electron chi connectivity index (χ3n) is 5.88. The van der Waals surface area contributed by atoms with Gasteiger partial charge in [-0.15, -0.1) is 11.3 Å². The molecule has 0 radical (unpaired) electrons. The molecule has 4 heterocycles. The van der Waals surface area contributed by atoms with Crippen molar-refractivity contribution in [1.29, 1.82) is 0 Å². The Labute approximate surface area is 154 Å². The second-order valence-electron chi connectivity index (χ2n) is 7.61. The van der Waals surface area contributed by atoms with Crippen molar-refractivity contribution in [2.45, 2.75) is 56.9 Å². The van der Waals surface area contributed by atoms with E-state index >= 15 is 0 Å². The summed E-state index contributed by atoms with van der Waals surface area (Å²) in [5.41, 5.74) is 0. The standard InChI is InChI=1S/C19H30N4OS/c1-20-19(22-17-11-15-4-5-18(17)24-15)21-12-14-6-8-23(9-7-14)13-16-3-2-10-25-16/h2-3,10,14-15,17-18H,4-9,11-13H2,1H3,(H2,20,21,22). The van der Waals surface area contributed by atoms with Gasteiger partial charge in [0.15, 0.2) is 5.96 Å². The van der Waals surface area contributed by atoms with E-state index in [0.717, 1.165) is 31.4 Å². The van der Waals surface area contributed by atoms with Crippen molar-refractivity contribution in [2.75, 3.05) is 26.7 Å². The molecule has 0 aliphatic carbocycles. The van der Waals surface area contributed by atoms with Crippen LogP contribution < -0.4 is 10.6 Å². The van der Waals surface area contributed by atoms with E-state index in [1.807, 2.05) is 18.4 Å². The van der Waals surface area contributed by atoms with E-state index in [-0.39, 0.29) is 0 Å². The summed E-state index contributed by atoms with van der Waals surface area (Å²) >= 11 is 1.87. The molecule has 0 saturated carbocycles. The van der Waals surface area contributed by atoms with Gasteiger partial charge in [-0.3, -0.25) is 9.89 Å². The molecule has 3 fully saturated rings. The van der Waals surface area contributed by atoms with Crippen LogP contribution in [-0.2, 0) is 11.3 Å². The fourth-order valence-electron chi connectivity index (χ4n) is 4.37. The van der Waals surface area contributed by atoms with E-state index in [1.165, 1.54) is 43.6 Å². The summed E-state index contributed by atoms with van der Waals surface area (Å²) in [6.45, 7) is 4.55. The van der Waals surface area contributed by atoms with Gasteiger partial charge >= 0.3 is 0 Å². The fourth-order valence-corrected chi connectivity index (χ4v) is 5.12. The number of nitrogens with one attached hydrogen (secondary N) is 2. The van der Waals surface area contributed by atoms with Crippen molar-refractivity contribution in [3.05, 3.63) is 22.4 Å². The smallest absolute Gasteiger partial charge is 0.191 e. The summed E-state index contributed by atoms with van der Waals surface area (Å²) < 4.78 is 5.93. The molecular formula is C19H30N4OS. The molecule has 0 spiro atoms. The average Bonchev–Trinajstić information content (AvgIpc) is 3.38. The largest absolute Gasteiger partial charge is 0.373 e. The summed E-state index contributed by atoms with van der Waals surface area (Å²) in [4.78, 5) is 8.48. The van der Waals surface area contributed by atoms with Gasteiger partial charge in [-0.2, -0.15) is 0 Å². The van der Waals surface area contributed by atoms with E-state index in [0.29, 0.717) is 18.2 Å². The third kappa shape index (κ3) is 4.36. The first-order valence-corrected chi connectivity index (χ1v) is 10.6. The lowest BCUT2D eigenvalue weighted by atomic mass is 9.95. The maximum Gasteiger partial charge on any atom is 0.191 e. The molecule has 2 bridgehead atoms. The molecule has 3 saturated heterocycles.